The molecule has 5 heteroatoms. The van der Waals surface area contributed by atoms with Crippen molar-refractivity contribution in [1.29, 1.82) is 0 Å². The number of benzene rings is 1. The van der Waals surface area contributed by atoms with Crippen LogP contribution in [0.2, 0.25) is 0 Å². The predicted octanol–water partition coefficient (Wildman–Crippen LogP) is 4.27. The molecule has 3 heterocycles. The van der Waals surface area contributed by atoms with Gasteiger partial charge in [0.25, 0.3) is 0 Å². The Labute approximate surface area is 159 Å². The third kappa shape index (κ3) is 3.56. The number of H-pyrrole nitrogens is 1. The molecule has 140 valence electrons. The fraction of sp³-hybridized carbons (Fsp3) is 0.455. The van der Waals surface area contributed by atoms with E-state index in [0.717, 1.165) is 49.6 Å². The summed E-state index contributed by atoms with van der Waals surface area (Å²) in [4.78, 5) is 14.9. The zero-order chi connectivity index (χ0) is 18.1. The number of nitrogens with one attached hydrogen (secondary N) is 1. The van der Waals surface area contributed by atoms with Gasteiger partial charge in [-0.2, -0.15) is 0 Å². The maximum Gasteiger partial charge on any atom is 0.131 e. The van der Waals surface area contributed by atoms with E-state index in [4.69, 9.17) is 4.74 Å². The Balaban J connectivity index is 1.15. The van der Waals surface area contributed by atoms with Crippen LogP contribution in [-0.4, -0.2) is 39.0 Å². The lowest BCUT2D eigenvalue weighted by Crippen LogP contribution is -2.37. The minimum atomic E-state index is 0.291. The highest BCUT2D eigenvalue weighted by molar-refractivity contribution is 5.85. The summed E-state index contributed by atoms with van der Waals surface area (Å²) in [6.07, 6.45) is 12.3. The van der Waals surface area contributed by atoms with Crippen molar-refractivity contribution in [3.63, 3.8) is 0 Å². The number of hydrogen-bond acceptors (Lipinski definition) is 4. The number of rotatable bonds is 5. The Kier molecular flexibility index (Phi) is 4.54. The quantitative estimate of drug-likeness (QED) is 0.736. The number of nitrogens with zero attached hydrogens (tertiary/aromatic N) is 3. The monoisotopic (exact) mass is 362 g/mol. The Morgan fingerprint density at radius 3 is 2.59 bits per heavy atom. The predicted molar refractivity (Wildman–Crippen MR) is 106 cm³/mol. The molecule has 0 unspecified atom stereocenters. The molecule has 0 spiro atoms. The molecule has 5 nitrogen and oxygen atoms in total. The fourth-order valence-corrected chi connectivity index (χ4v) is 4.11. The van der Waals surface area contributed by atoms with E-state index in [-0.39, 0.29) is 0 Å². The molecule has 1 saturated carbocycles. The summed E-state index contributed by atoms with van der Waals surface area (Å²) in [6, 6.07) is 8.30. The van der Waals surface area contributed by atoms with Crippen molar-refractivity contribution in [2.45, 2.75) is 50.7 Å². The van der Waals surface area contributed by atoms with Gasteiger partial charge in [0.2, 0.25) is 0 Å². The number of ether oxygens (including phenoxy) is 1. The van der Waals surface area contributed by atoms with E-state index in [9.17, 15) is 0 Å². The average molecular weight is 362 g/mol. The molecule has 1 aromatic carbocycles. The van der Waals surface area contributed by atoms with E-state index >= 15 is 0 Å². The molecule has 1 saturated heterocycles. The van der Waals surface area contributed by atoms with Crippen molar-refractivity contribution in [2.24, 2.45) is 0 Å². The molecule has 0 atom stereocenters. The first-order valence-electron chi connectivity index (χ1n) is 10.1. The zero-order valence-electron chi connectivity index (χ0n) is 15.6. The molecule has 0 bridgehead atoms. The highest BCUT2D eigenvalue weighted by atomic mass is 16.5. The van der Waals surface area contributed by atoms with Crippen molar-refractivity contribution in [2.75, 3.05) is 13.1 Å². The maximum atomic E-state index is 6.31. The van der Waals surface area contributed by atoms with Crippen LogP contribution in [0.15, 0.2) is 42.9 Å². The van der Waals surface area contributed by atoms with Gasteiger partial charge in [-0.15, -0.1) is 0 Å². The summed E-state index contributed by atoms with van der Waals surface area (Å²) in [5.41, 5.74) is 2.35. The van der Waals surface area contributed by atoms with Crippen molar-refractivity contribution in [1.82, 2.24) is 19.9 Å². The maximum absolute atomic E-state index is 6.31. The first-order valence-corrected chi connectivity index (χ1v) is 10.1. The van der Waals surface area contributed by atoms with Crippen molar-refractivity contribution < 1.29 is 4.74 Å². The topological polar surface area (TPSA) is 54.0 Å². The van der Waals surface area contributed by atoms with Crippen LogP contribution in [-0.2, 0) is 6.54 Å². The zero-order valence-corrected chi connectivity index (χ0v) is 15.6. The molecule has 1 N–H and O–H groups in total. The lowest BCUT2D eigenvalue weighted by atomic mass is 9.85. The van der Waals surface area contributed by atoms with Crippen LogP contribution in [0.1, 0.15) is 49.4 Å². The highest BCUT2D eigenvalue weighted by Crippen LogP contribution is 2.34. The highest BCUT2D eigenvalue weighted by Gasteiger charge is 2.23. The third-order valence-corrected chi connectivity index (χ3v) is 5.98. The van der Waals surface area contributed by atoms with Gasteiger partial charge < -0.3 is 9.72 Å². The van der Waals surface area contributed by atoms with Crippen LogP contribution in [0.3, 0.4) is 0 Å². The molecule has 5 rings (SSSR count). The van der Waals surface area contributed by atoms with Crippen molar-refractivity contribution in [3.05, 3.63) is 54.2 Å². The SMILES string of the molecule is c1cc(OC2CCN(Cc3cnc(C4CCC4)nc3)CC2)c2cc[nH]c2c1. The second-order valence-corrected chi connectivity index (χ2v) is 7.87. The average Bonchev–Trinajstić information content (AvgIpc) is 3.13. The van der Waals surface area contributed by atoms with E-state index in [1.54, 1.807) is 0 Å². The Morgan fingerprint density at radius 1 is 1.04 bits per heavy atom. The number of aromatic nitrogens is 3. The van der Waals surface area contributed by atoms with Crippen LogP contribution in [0.5, 0.6) is 5.75 Å². The smallest absolute Gasteiger partial charge is 0.131 e. The van der Waals surface area contributed by atoms with Crippen molar-refractivity contribution >= 4 is 10.9 Å². The summed E-state index contributed by atoms with van der Waals surface area (Å²) in [5.74, 6) is 2.64. The lowest BCUT2D eigenvalue weighted by molar-refractivity contribution is 0.0978. The molecule has 2 aliphatic rings. The lowest BCUT2D eigenvalue weighted by Gasteiger charge is -2.32. The molecular formula is C22H26N4O. The summed E-state index contributed by atoms with van der Waals surface area (Å²) >= 11 is 0. The van der Waals surface area contributed by atoms with E-state index in [0.29, 0.717) is 12.0 Å². The number of piperidine rings is 1. The normalized spacial score (nSPS) is 19.3. The molecule has 1 aliphatic carbocycles. The van der Waals surface area contributed by atoms with E-state index in [1.165, 1.54) is 30.2 Å². The second kappa shape index (κ2) is 7.31. The molecule has 27 heavy (non-hydrogen) atoms. The van der Waals surface area contributed by atoms with Gasteiger partial charge in [0.1, 0.15) is 17.7 Å². The van der Waals surface area contributed by atoms with Crippen LogP contribution in [0.25, 0.3) is 10.9 Å². The van der Waals surface area contributed by atoms with Gasteiger partial charge in [-0.3, -0.25) is 4.90 Å². The fourth-order valence-electron chi connectivity index (χ4n) is 4.11. The standard InChI is InChI=1S/C22H26N4O/c1-3-17(4-1)22-24-13-16(14-25-22)15-26-11-8-18(9-12-26)27-21-6-2-5-20-19(21)7-10-23-20/h2,5-7,10,13-14,17-18,23H,1,3-4,8-9,11-12,15H2. The van der Waals surface area contributed by atoms with Gasteiger partial charge in [0.15, 0.2) is 0 Å². The first kappa shape index (κ1) is 16.8. The molecule has 3 aromatic rings. The largest absolute Gasteiger partial charge is 0.490 e. The molecular weight excluding hydrogens is 336 g/mol. The van der Waals surface area contributed by atoms with E-state index in [2.05, 4.69) is 44.1 Å². The molecule has 2 aromatic heterocycles. The minimum Gasteiger partial charge on any atom is -0.490 e. The molecule has 0 amide bonds. The Morgan fingerprint density at radius 2 is 1.85 bits per heavy atom. The van der Waals surface area contributed by atoms with E-state index in [1.807, 2.05) is 18.6 Å². The number of hydrogen-bond donors (Lipinski definition) is 1. The Hall–Kier alpha value is -2.40. The van der Waals surface area contributed by atoms with Crippen LogP contribution in [0, 0.1) is 0 Å². The summed E-state index contributed by atoms with van der Waals surface area (Å²) in [5, 5.41) is 1.17. The van der Waals surface area contributed by atoms with Gasteiger partial charge in [-0.25, -0.2) is 9.97 Å². The summed E-state index contributed by atoms with van der Waals surface area (Å²) in [7, 11) is 0. The molecule has 0 radical (unpaired) electrons. The van der Waals surface area contributed by atoms with Crippen LogP contribution in [0.4, 0.5) is 0 Å². The van der Waals surface area contributed by atoms with Gasteiger partial charge in [-0.05, 0) is 43.9 Å². The Bertz CT molecular complexity index is 892. The second-order valence-electron chi connectivity index (χ2n) is 7.87. The number of fused-ring (bicyclic) bond motifs is 1. The van der Waals surface area contributed by atoms with Crippen LogP contribution < -0.4 is 4.74 Å². The van der Waals surface area contributed by atoms with Gasteiger partial charge in [0.05, 0.1) is 0 Å². The summed E-state index contributed by atoms with van der Waals surface area (Å²) < 4.78 is 6.31. The van der Waals surface area contributed by atoms with Gasteiger partial charge in [0, 0.05) is 60.6 Å². The number of aromatic amines is 1. The van der Waals surface area contributed by atoms with Gasteiger partial charge >= 0.3 is 0 Å². The van der Waals surface area contributed by atoms with Crippen molar-refractivity contribution in [3.8, 4) is 5.75 Å². The van der Waals surface area contributed by atoms with Gasteiger partial charge in [-0.1, -0.05) is 12.5 Å². The molecule has 1 aliphatic heterocycles. The van der Waals surface area contributed by atoms with Crippen LogP contribution >= 0.6 is 0 Å². The molecule has 2 fully saturated rings. The summed E-state index contributed by atoms with van der Waals surface area (Å²) in [6.45, 7) is 3.04. The first-order chi connectivity index (χ1) is 13.3. The number of likely N-dealkylation sites (tertiary alicyclic amines) is 1. The third-order valence-electron chi connectivity index (χ3n) is 5.98. The van der Waals surface area contributed by atoms with E-state index < -0.39 is 0 Å². The minimum absolute atomic E-state index is 0.291.